The number of rotatable bonds is 4. The lowest BCUT2D eigenvalue weighted by Gasteiger charge is -2.44. The van der Waals surface area contributed by atoms with Crippen molar-refractivity contribution in [2.45, 2.75) is 51.1 Å². The number of likely N-dealkylation sites (tertiary alicyclic amines) is 1. The Bertz CT molecular complexity index is 518. The van der Waals surface area contributed by atoms with E-state index in [1.165, 1.54) is 50.6 Å². The van der Waals surface area contributed by atoms with Crippen molar-refractivity contribution in [3.8, 4) is 11.5 Å². The van der Waals surface area contributed by atoms with Gasteiger partial charge in [-0.25, -0.2) is 0 Å². The van der Waals surface area contributed by atoms with E-state index in [9.17, 15) is 0 Å². The molecule has 1 aromatic carbocycles. The molecule has 1 saturated carbocycles. The van der Waals surface area contributed by atoms with Crippen molar-refractivity contribution >= 4 is 15.9 Å². The average molecular weight is 368 g/mol. The van der Waals surface area contributed by atoms with Crippen LogP contribution in [0.3, 0.4) is 0 Å². The molecule has 0 N–H and O–H groups in total. The number of methoxy groups -OCH3 is 2. The fraction of sp³-hybridized carbons (Fsp3) is 0.667. The molecule has 3 rings (SSSR count). The highest BCUT2D eigenvalue weighted by Gasteiger charge is 2.33. The lowest BCUT2D eigenvalue weighted by Crippen LogP contribution is -2.46. The summed E-state index contributed by atoms with van der Waals surface area (Å²) in [5.74, 6) is 2.67. The molecule has 122 valence electrons. The zero-order chi connectivity index (χ0) is 15.5. The minimum absolute atomic E-state index is 0.771. The Balaban J connectivity index is 1.80. The van der Waals surface area contributed by atoms with Gasteiger partial charge in [-0.2, -0.15) is 0 Å². The predicted octanol–water partition coefficient (Wildman–Crippen LogP) is 4.62. The van der Waals surface area contributed by atoms with Crippen LogP contribution in [0.25, 0.3) is 0 Å². The van der Waals surface area contributed by atoms with Gasteiger partial charge in [0.05, 0.1) is 18.7 Å². The number of piperidine rings is 1. The molecule has 0 radical (unpaired) electrons. The van der Waals surface area contributed by atoms with Crippen molar-refractivity contribution in [1.82, 2.24) is 4.90 Å². The minimum Gasteiger partial charge on any atom is -0.496 e. The molecule has 3 nitrogen and oxygen atoms in total. The normalized spacial score (nSPS) is 25.6. The van der Waals surface area contributed by atoms with Gasteiger partial charge < -0.3 is 9.47 Å². The van der Waals surface area contributed by atoms with Crippen LogP contribution in [0.5, 0.6) is 11.5 Å². The molecule has 1 aliphatic carbocycles. The summed E-state index contributed by atoms with van der Waals surface area (Å²) in [6, 6.07) is 4.92. The van der Waals surface area contributed by atoms with Gasteiger partial charge in [0.1, 0.15) is 11.5 Å². The van der Waals surface area contributed by atoms with Crippen LogP contribution in [0.4, 0.5) is 0 Å². The van der Waals surface area contributed by atoms with E-state index in [0.29, 0.717) is 0 Å². The predicted molar refractivity (Wildman–Crippen MR) is 92.6 cm³/mol. The summed E-state index contributed by atoms with van der Waals surface area (Å²) in [5.41, 5.74) is 1.25. The highest BCUT2D eigenvalue weighted by molar-refractivity contribution is 9.10. The van der Waals surface area contributed by atoms with Crippen LogP contribution >= 0.6 is 15.9 Å². The summed E-state index contributed by atoms with van der Waals surface area (Å²) in [7, 11) is 3.43. The second kappa shape index (κ2) is 7.22. The number of ether oxygens (including phenoxy) is 2. The van der Waals surface area contributed by atoms with E-state index in [0.717, 1.165) is 34.5 Å². The van der Waals surface area contributed by atoms with Crippen LogP contribution < -0.4 is 9.47 Å². The number of benzene rings is 1. The maximum absolute atomic E-state index is 5.59. The molecule has 0 aromatic heterocycles. The molecule has 0 spiro atoms. The highest BCUT2D eigenvalue weighted by atomic mass is 79.9. The fourth-order valence-corrected chi connectivity index (χ4v) is 4.74. The van der Waals surface area contributed by atoms with Gasteiger partial charge >= 0.3 is 0 Å². The van der Waals surface area contributed by atoms with Crippen molar-refractivity contribution < 1.29 is 9.47 Å². The first-order chi connectivity index (χ1) is 10.7. The van der Waals surface area contributed by atoms with Crippen LogP contribution in [0.15, 0.2) is 16.6 Å². The number of hydrogen-bond donors (Lipinski definition) is 0. The third kappa shape index (κ3) is 3.28. The quantitative estimate of drug-likeness (QED) is 0.774. The smallest absolute Gasteiger partial charge is 0.136 e. The van der Waals surface area contributed by atoms with Gasteiger partial charge in [0, 0.05) is 24.2 Å². The van der Waals surface area contributed by atoms with Crippen LogP contribution in [-0.4, -0.2) is 31.7 Å². The van der Waals surface area contributed by atoms with Crippen LogP contribution in [0.2, 0.25) is 0 Å². The molecule has 1 aromatic rings. The van der Waals surface area contributed by atoms with E-state index in [1.54, 1.807) is 14.2 Å². The maximum Gasteiger partial charge on any atom is 0.136 e. The molecule has 1 aliphatic heterocycles. The van der Waals surface area contributed by atoms with Gasteiger partial charge in [-0.1, -0.05) is 12.8 Å². The first-order valence-electron chi connectivity index (χ1n) is 8.37. The van der Waals surface area contributed by atoms with Crippen molar-refractivity contribution in [2.24, 2.45) is 5.92 Å². The zero-order valence-corrected chi connectivity index (χ0v) is 15.2. The summed E-state index contributed by atoms with van der Waals surface area (Å²) in [6.07, 6.45) is 8.36. The molecule has 0 amide bonds. The molecule has 1 heterocycles. The molecule has 2 atom stereocenters. The van der Waals surface area contributed by atoms with Crippen LogP contribution in [-0.2, 0) is 6.54 Å². The minimum atomic E-state index is 0.771. The lowest BCUT2D eigenvalue weighted by molar-refractivity contribution is 0.0541. The van der Waals surface area contributed by atoms with Gasteiger partial charge in [0.25, 0.3) is 0 Å². The third-order valence-electron chi connectivity index (χ3n) is 5.29. The second-order valence-corrected chi connectivity index (χ2v) is 7.38. The van der Waals surface area contributed by atoms with E-state index < -0.39 is 0 Å². The number of halogens is 1. The molecule has 4 heteroatoms. The first kappa shape index (κ1) is 16.1. The Labute approximate surface area is 142 Å². The highest BCUT2D eigenvalue weighted by Crippen LogP contribution is 2.38. The van der Waals surface area contributed by atoms with Crippen molar-refractivity contribution in [2.75, 3.05) is 20.8 Å². The van der Waals surface area contributed by atoms with E-state index >= 15 is 0 Å². The Morgan fingerprint density at radius 3 is 2.55 bits per heavy atom. The lowest BCUT2D eigenvalue weighted by atomic mass is 9.78. The average Bonchev–Trinajstić information content (AvgIpc) is 2.55. The van der Waals surface area contributed by atoms with Gasteiger partial charge in [-0.3, -0.25) is 4.90 Å². The number of fused-ring (bicyclic) bond motifs is 1. The zero-order valence-electron chi connectivity index (χ0n) is 13.6. The topological polar surface area (TPSA) is 21.7 Å². The molecule has 0 unspecified atom stereocenters. The number of nitrogens with zero attached hydrogens (tertiary/aromatic N) is 1. The van der Waals surface area contributed by atoms with Crippen LogP contribution in [0.1, 0.15) is 44.1 Å². The van der Waals surface area contributed by atoms with E-state index in [2.05, 4.69) is 26.9 Å². The summed E-state index contributed by atoms with van der Waals surface area (Å²) in [6.45, 7) is 2.20. The fourth-order valence-electron chi connectivity index (χ4n) is 4.19. The van der Waals surface area contributed by atoms with Crippen molar-refractivity contribution in [1.29, 1.82) is 0 Å². The van der Waals surface area contributed by atoms with E-state index in [-0.39, 0.29) is 0 Å². The van der Waals surface area contributed by atoms with Crippen LogP contribution in [0, 0.1) is 5.92 Å². The molecular weight excluding hydrogens is 342 g/mol. The molecule has 1 saturated heterocycles. The van der Waals surface area contributed by atoms with Gasteiger partial charge in [-0.05, 0) is 60.1 Å². The second-order valence-electron chi connectivity index (χ2n) is 6.52. The molecule has 2 fully saturated rings. The van der Waals surface area contributed by atoms with Crippen molar-refractivity contribution in [3.63, 3.8) is 0 Å². The summed E-state index contributed by atoms with van der Waals surface area (Å²) in [4.78, 5) is 2.68. The van der Waals surface area contributed by atoms with Gasteiger partial charge in [-0.15, -0.1) is 0 Å². The van der Waals surface area contributed by atoms with Gasteiger partial charge in [0.2, 0.25) is 0 Å². The maximum atomic E-state index is 5.59. The first-order valence-corrected chi connectivity index (χ1v) is 9.16. The summed E-state index contributed by atoms with van der Waals surface area (Å²) in [5, 5.41) is 0. The monoisotopic (exact) mass is 367 g/mol. The number of hydrogen-bond acceptors (Lipinski definition) is 3. The van der Waals surface area contributed by atoms with Crippen molar-refractivity contribution in [3.05, 3.63) is 22.2 Å². The Hall–Kier alpha value is -0.740. The SMILES string of the molecule is COc1cc(OC)c(CN2CCC[C@@H]3CCCC[C@@H]32)cc1Br. The largest absolute Gasteiger partial charge is 0.496 e. The standard InChI is InChI=1S/C18H26BrNO2/c1-21-17-11-18(22-2)15(19)10-14(17)12-20-9-5-7-13-6-3-4-8-16(13)20/h10-11,13,16H,3-9,12H2,1-2H3/t13-,16-/m0/s1. The van der Waals surface area contributed by atoms with Gasteiger partial charge in [0.15, 0.2) is 0 Å². The third-order valence-corrected chi connectivity index (χ3v) is 5.91. The Morgan fingerprint density at radius 2 is 1.77 bits per heavy atom. The molecular formula is C18H26BrNO2. The summed E-state index contributed by atoms with van der Waals surface area (Å²) < 4.78 is 12.0. The molecule has 0 bridgehead atoms. The summed E-state index contributed by atoms with van der Waals surface area (Å²) >= 11 is 3.61. The Morgan fingerprint density at radius 1 is 1.05 bits per heavy atom. The molecule has 2 aliphatic rings. The van der Waals surface area contributed by atoms with E-state index in [4.69, 9.17) is 9.47 Å². The molecule has 22 heavy (non-hydrogen) atoms. The van der Waals surface area contributed by atoms with E-state index in [1.807, 2.05) is 6.07 Å². The Kier molecular flexibility index (Phi) is 5.29.